The van der Waals surface area contributed by atoms with Gasteiger partial charge in [0.2, 0.25) is 0 Å². The number of hydrogen-bond donors (Lipinski definition) is 2. The minimum atomic E-state index is 0.552. The van der Waals surface area contributed by atoms with E-state index in [1.807, 2.05) is 34.9 Å². The Morgan fingerprint density at radius 1 is 1.07 bits per heavy atom. The number of benzene rings is 1. The van der Waals surface area contributed by atoms with Crippen molar-refractivity contribution in [1.29, 1.82) is 0 Å². The van der Waals surface area contributed by atoms with Gasteiger partial charge in [-0.2, -0.15) is 0 Å². The molecule has 28 heavy (non-hydrogen) atoms. The average Bonchev–Trinajstić information content (AvgIpc) is 3.28. The maximum atomic E-state index is 4.62. The fourth-order valence-corrected chi connectivity index (χ4v) is 3.32. The first-order valence-corrected chi connectivity index (χ1v) is 9.41. The van der Waals surface area contributed by atoms with Crippen molar-refractivity contribution in [2.24, 2.45) is 4.99 Å². The predicted molar refractivity (Wildman–Crippen MR) is 110 cm³/mol. The second-order valence-corrected chi connectivity index (χ2v) is 6.55. The maximum Gasteiger partial charge on any atom is 0.191 e. The normalized spacial score (nSPS) is 12.0. The van der Waals surface area contributed by atoms with Gasteiger partial charge in [-0.15, -0.1) is 10.2 Å². The number of pyridine rings is 1. The minimum Gasteiger partial charge on any atom is -0.356 e. The summed E-state index contributed by atoms with van der Waals surface area (Å²) >= 11 is 0. The number of fused-ring (bicyclic) bond motifs is 2. The molecule has 2 N–H and O–H groups in total. The van der Waals surface area contributed by atoms with Crippen LogP contribution in [0.15, 0.2) is 53.7 Å². The number of rotatable bonds is 6. The second kappa shape index (κ2) is 8.08. The molecule has 0 atom stereocenters. The highest BCUT2D eigenvalue weighted by molar-refractivity contribution is 5.79. The van der Waals surface area contributed by atoms with Crippen LogP contribution in [0.25, 0.3) is 16.7 Å². The summed E-state index contributed by atoms with van der Waals surface area (Å²) in [6.45, 7) is 4.32. The first kappa shape index (κ1) is 18.0. The molecule has 3 aromatic heterocycles. The van der Waals surface area contributed by atoms with Crippen LogP contribution in [0.5, 0.6) is 0 Å². The molecule has 0 spiro atoms. The Bertz CT molecular complexity index is 1110. The Morgan fingerprint density at radius 2 is 1.93 bits per heavy atom. The molecule has 4 rings (SSSR count). The maximum absolute atomic E-state index is 4.62. The number of nitrogens with one attached hydrogen (secondary N) is 2. The zero-order valence-electron chi connectivity index (χ0n) is 16.1. The van der Waals surface area contributed by atoms with E-state index in [4.69, 9.17) is 0 Å². The van der Waals surface area contributed by atoms with Gasteiger partial charge in [-0.1, -0.05) is 18.2 Å². The molecule has 0 saturated carbocycles. The molecule has 8 heteroatoms. The molecular weight excluding hydrogens is 352 g/mol. The summed E-state index contributed by atoms with van der Waals surface area (Å²) in [6.07, 6.45) is 2.93. The molecule has 0 aliphatic rings. The third-order valence-electron chi connectivity index (χ3n) is 4.72. The number of para-hydroxylation sites is 2. The highest BCUT2D eigenvalue weighted by atomic mass is 15.3. The third kappa shape index (κ3) is 3.66. The van der Waals surface area contributed by atoms with Crippen molar-refractivity contribution < 1.29 is 0 Å². The number of aromatic nitrogens is 5. The quantitative estimate of drug-likeness (QED) is 0.306. The molecule has 0 bridgehead atoms. The molecule has 0 fully saturated rings. The molecule has 0 aliphatic carbocycles. The summed E-state index contributed by atoms with van der Waals surface area (Å²) in [7, 11) is 1.77. The van der Waals surface area contributed by atoms with E-state index in [2.05, 4.69) is 60.5 Å². The third-order valence-corrected chi connectivity index (χ3v) is 4.72. The van der Waals surface area contributed by atoms with Gasteiger partial charge < -0.3 is 15.2 Å². The largest absolute Gasteiger partial charge is 0.356 e. The molecule has 1 aromatic carbocycles. The van der Waals surface area contributed by atoms with E-state index in [1.54, 1.807) is 7.05 Å². The topological polar surface area (TPSA) is 84.4 Å². The second-order valence-electron chi connectivity index (χ2n) is 6.55. The zero-order chi connectivity index (χ0) is 19.3. The monoisotopic (exact) mass is 376 g/mol. The minimum absolute atomic E-state index is 0.552. The van der Waals surface area contributed by atoms with Gasteiger partial charge in [0.1, 0.15) is 5.82 Å². The zero-order valence-corrected chi connectivity index (χ0v) is 16.1. The number of aryl methyl sites for hydroxylation is 2. The molecule has 0 radical (unpaired) electrons. The van der Waals surface area contributed by atoms with Crippen molar-refractivity contribution in [2.45, 2.75) is 26.4 Å². The fourth-order valence-electron chi connectivity index (χ4n) is 3.32. The van der Waals surface area contributed by atoms with E-state index in [1.165, 1.54) is 5.52 Å². The van der Waals surface area contributed by atoms with E-state index in [0.717, 1.165) is 48.3 Å². The van der Waals surface area contributed by atoms with Crippen LogP contribution in [-0.4, -0.2) is 43.7 Å². The van der Waals surface area contributed by atoms with Gasteiger partial charge in [-0.3, -0.25) is 9.39 Å². The number of aliphatic imine (C=N–C) groups is 1. The summed E-state index contributed by atoms with van der Waals surface area (Å²) in [5, 5.41) is 15.0. The Morgan fingerprint density at radius 3 is 2.82 bits per heavy atom. The van der Waals surface area contributed by atoms with Crippen LogP contribution in [0, 0.1) is 6.92 Å². The van der Waals surface area contributed by atoms with Gasteiger partial charge in [0.05, 0.1) is 17.6 Å². The smallest absolute Gasteiger partial charge is 0.191 e. The van der Waals surface area contributed by atoms with Crippen LogP contribution in [0.2, 0.25) is 0 Å². The van der Waals surface area contributed by atoms with E-state index >= 15 is 0 Å². The summed E-state index contributed by atoms with van der Waals surface area (Å²) in [5.74, 6) is 2.64. The molecular formula is C20H24N8. The Hall–Kier alpha value is -3.42. The summed E-state index contributed by atoms with van der Waals surface area (Å²) in [6, 6.07) is 14.1. The van der Waals surface area contributed by atoms with Crippen LogP contribution < -0.4 is 10.6 Å². The lowest BCUT2D eigenvalue weighted by Crippen LogP contribution is -2.38. The van der Waals surface area contributed by atoms with Gasteiger partial charge in [0.25, 0.3) is 0 Å². The molecule has 0 unspecified atom stereocenters. The van der Waals surface area contributed by atoms with Gasteiger partial charge in [0.15, 0.2) is 17.4 Å². The van der Waals surface area contributed by atoms with Gasteiger partial charge in [-0.05, 0) is 37.6 Å². The molecule has 144 valence electrons. The van der Waals surface area contributed by atoms with E-state index in [0.29, 0.717) is 6.54 Å². The van der Waals surface area contributed by atoms with Gasteiger partial charge in [0, 0.05) is 26.3 Å². The molecule has 8 nitrogen and oxygen atoms in total. The highest BCUT2D eigenvalue weighted by Gasteiger charge is 2.07. The van der Waals surface area contributed by atoms with Crippen molar-refractivity contribution in [3.63, 3.8) is 0 Å². The van der Waals surface area contributed by atoms with Crippen LogP contribution >= 0.6 is 0 Å². The van der Waals surface area contributed by atoms with Gasteiger partial charge >= 0.3 is 0 Å². The predicted octanol–water partition coefficient (Wildman–Crippen LogP) is 2.14. The van der Waals surface area contributed by atoms with Gasteiger partial charge in [-0.25, -0.2) is 4.98 Å². The SMILES string of the molecule is CN=C(NCCCn1c(C)nc2ccccc21)NCc1nnc2ccccn12. The molecule has 0 saturated heterocycles. The lowest BCUT2D eigenvalue weighted by atomic mass is 10.3. The lowest BCUT2D eigenvalue weighted by Gasteiger charge is -2.12. The number of hydrogen-bond acceptors (Lipinski definition) is 4. The van der Waals surface area contributed by atoms with Crippen LogP contribution in [0.1, 0.15) is 18.1 Å². The highest BCUT2D eigenvalue weighted by Crippen LogP contribution is 2.15. The molecule has 0 amide bonds. The standard InChI is InChI=1S/C20H24N8/c1-15-24-16-8-3-4-9-17(16)27(15)13-7-11-22-20(21-2)23-14-19-26-25-18-10-5-6-12-28(18)19/h3-6,8-10,12H,7,11,13-14H2,1-2H3,(H2,21,22,23). The first-order valence-electron chi connectivity index (χ1n) is 9.41. The van der Waals surface area contributed by atoms with Crippen LogP contribution in [0.3, 0.4) is 0 Å². The Labute approximate surface area is 163 Å². The summed E-state index contributed by atoms with van der Waals surface area (Å²) in [4.78, 5) is 8.90. The van der Waals surface area contributed by atoms with Crippen molar-refractivity contribution in [1.82, 2.24) is 34.8 Å². The van der Waals surface area contributed by atoms with Crippen LogP contribution in [-0.2, 0) is 13.1 Å². The molecule has 3 heterocycles. The van der Waals surface area contributed by atoms with Crippen molar-refractivity contribution in [3.8, 4) is 0 Å². The van der Waals surface area contributed by atoms with Crippen molar-refractivity contribution in [2.75, 3.05) is 13.6 Å². The number of imidazole rings is 1. The van der Waals surface area contributed by atoms with Crippen molar-refractivity contribution in [3.05, 3.63) is 60.3 Å². The summed E-state index contributed by atoms with van der Waals surface area (Å²) in [5.41, 5.74) is 3.07. The fraction of sp³-hybridized carbons (Fsp3) is 0.300. The average molecular weight is 376 g/mol. The van der Waals surface area contributed by atoms with Crippen molar-refractivity contribution >= 4 is 22.6 Å². The number of guanidine groups is 1. The Kier molecular flexibility index (Phi) is 5.18. The summed E-state index contributed by atoms with van der Waals surface area (Å²) < 4.78 is 4.22. The number of nitrogens with zero attached hydrogens (tertiary/aromatic N) is 6. The first-order chi connectivity index (χ1) is 13.8. The van der Waals surface area contributed by atoms with E-state index < -0.39 is 0 Å². The lowest BCUT2D eigenvalue weighted by molar-refractivity contribution is 0.623. The molecule has 4 aromatic rings. The molecule has 0 aliphatic heterocycles. The van der Waals surface area contributed by atoms with Crippen LogP contribution in [0.4, 0.5) is 0 Å². The Balaban J connectivity index is 1.29. The van der Waals surface area contributed by atoms with E-state index in [-0.39, 0.29) is 0 Å². The van der Waals surface area contributed by atoms with E-state index in [9.17, 15) is 0 Å².